The molecule has 0 saturated carbocycles. The average Bonchev–Trinajstić information content (AvgIpc) is 2.41. The molecule has 0 radical (unpaired) electrons. The molecule has 21 heavy (non-hydrogen) atoms. The minimum Gasteiger partial charge on any atom is -0.478 e. The van der Waals surface area contributed by atoms with Gasteiger partial charge >= 0.3 is 5.97 Å². The van der Waals surface area contributed by atoms with E-state index in [0.29, 0.717) is 18.0 Å². The predicted molar refractivity (Wildman–Crippen MR) is 80.6 cm³/mol. The number of aromatic carboxylic acids is 1. The van der Waals surface area contributed by atoms with E-state index in [9.17, 15) is 13.2 Å². The lowest BCUT2D eigenvalue weighted by Crippen LogP contribution is -2.45. The Labute approximate surface area is 125 Å². The van der Waals surface area contributed by atoms with E-state index in [1.54, 1.807) is 16.4 Å². The van der Waals surface area contributed by atoms with Gasteiger partial charge in [0.25, 0.3) is 0 Å². The van der Waals surface area contributed by atoms with Crippen LogP contribution < -0.4 is 0 Å². The van der Waals surface area contributed by atoms with E-state index in [1.807, 2.05) is 6.92 Å². The van der Waals surface area contributed by atoms with Crippen molar-refractivity contribution in [1.29, 1.82) is 0 Å². The van der Waals surface area contributed by atoms with Gasteiger partial charge in [-0.15, -0.1) is 0 Å². The third-order valence-corrected chi connectivity index (χ3v) is 5.86. The Morgan fingerprint density at radius 2 is 2.05 bits per heavy atom. The van der Waals surface area contributed by atoms with Crippen molar-refractivity contribution >= 4 is 16.0 Å². The number of hydrogen-bond donors (Lipinski definition) is 1. The van der Waals surface area contributed by atoms with Gasteiger partial charge in [-0.05, 0) is 43.4 Å². The van der Waals surface area contributed by atoms with Crippen molar-refractivity contribution in [1.82, 2.24) is 4.31 Å². The van der Waals surface area contributed by atoms with Crippen LogP contribution in [0.15, 0.2) is 24.3 Å². The van der Waals surface area contributed by atoms with Crippen LogP contribution in [0.3, 0.4) is 0 Å². The van der Waals surface area contributed by atoms with Gasteiger partial charge in [-0.1, -0.05) is 19.1 Å². The largest absolute Gasteiger partial charge is 0.478 e. The van der Waals surface area contributed by atoms with Gasteiger partial charge in [-0.25, -0.2) is 13.2 Å². The van der Waals surface area contributed by atoms with E-state index in [0.717, 1.165) is 12.8 Å². The quantitative estimate of drug-likeness (QED) is 0.926. The summed E-state index contributed by atoms with van der Waals surface area (Å²) in [7, 11) is -3.42. The minimum atomic E-state index is -3.42. The Balaban J connectivity index is 2.20. The van der Waals surface area contributed by atoms with Crippen molar-refractivity contribution in [2.45, 2.75) is 38.5 Å². The number of carbonyl (C=O) groups is 1. The second-order valence-corrected chi connectivity index (χ2v) is 7.78. The SMILES string of the molecule is CC1CCC(C)N(S(=O)(=O)Cc2cccc(C(=O)O)c2)C1. The van der Waals surface area contributed by atoms with Crippen LogP contribution in [0, 0.1) is 5.92 Å². The van der Waals surface area contributed by atoms with E-state index in [4.69, 9.17) is 5.11 Å². The molecule has 6 heteroatoms. The Bertz CT molecular complexity index is 626. The maximum absolute atomic E-state index is 12.6. The number of carboxylic acids is 1. The smallest absolute Gasteiger partial charge is 0.335 e. The third kappa shape index (κ3) is 3.83. The first-order valence-electron chi connectivity index (χ1n) is 7.11. The molecule has 0 bridgehead atoms. The highest BCUT2D eigenvalue weighted by Gasteiger charge is 2.32. The van der Waals surface area contributed by atoms with Crippen LogP contribution in [0.1, 0.15) is 42.6 Å². The molecular formula is C15H21NO4S. The van der Waals surface area contributed by atoms with Gasteiger partial charge in [0, 0.05) is 12.6 Å². The van der Waals surface area contributed by atoms with Gasteiger partial charge in [-0.2, -0.15) is 4.31 Å². The lowest BCUT2D eigenvalue weighted by molar-refractivity contribution is 0.0696. The average molecular weight is 311 g/mol. The van der Waals surface area contributed by atoms with Crippen LogP contribution in [-0.4, -0.2) is 36.4 Å². The molecule has 0 aromatic heterocycles. The molecule has 1 aromatic carbocycles. The fraction of sp³-hybridized carbons (Fsp3) is 0.533. The van der Waals surface area contributed by atoms with E-state index in [-0.39, 0.29) is 17.4 Å². The number of rotatable bonds is 4. The molecule has 1 heterocycles. The Hall–Kier alpha value is -1.40. The zero-order valence-corrected chi connectivity index (χ0v) is 13.1. The molecule has 0 spiro atoms. The molecule has 2 atom stereocenters. The Morgan fingerprint density at radius 3 is 2.71 bits per heavy atom. The summed E-state index contributed by atoms with van der Waals surface area (Å²) in [5, 5.41) is 8.97. The summed E-state index contributed by atoms with van der Waals surface area (Å²) in [6, 6.07) is 6.13. The number of nitrogens with zero attached hydrogens (tertiary/aromatic N) is 1. The normalized spacial score (nSPS) is 23.9. The third-order valence-electron chi connectivity index (χ3n) is 3.94. The summed E-state index contributed by atoms with van der Waals surface area (Å²) in [6.07, 6.45) is 1.91. The van der Waals surface area contributed by atoms with Crippen molar-refractivity contribution in [3.8, 4) is 0 Å². The molecule has 1 aliphatic heterocycles. The first kappa shape index (κ1) is 16.0. The number of carboxylic acid groups (broad SMARTS) is 1. The van der Waals surface area contributed by atoms with Crippen molar-refractivity contribution < 1.29 is 18.3 Å². The predicted octanol–water partition coefficient (Wildman–Crippen LogP) is 2.34. The van der Waals surface area contributed by atoms with Gasteiger partial charge in [0.05, 0.1) is 11.3 Å². The highest BCUT2D eigenvalue weighted by molar-refractivity contribution is 7.88. The van der Waals surface area contributed by atoms with Gasteiger partial charge in [-0.3, -0.25) is 0 Å². The van der Waals surface area contributed by atoms with Crippen molar-refractivity contribution in [3.63, 3.8) is 0 Å². The minimum absolute atomic E-state index is 0.00820. The molecule has 5 nitrogen and oxygen atoms in total. The summed E-state index contributed by atoms with van der Waals surface area (Å²) in [5.41, 5.74) is 0.628. The van der Waals surface area contributed by atoms with Gasteiger partial charge in [0.1, 0.15) is 0 Å². The van der Waals surface area contributed by atoms with Crippen LogP contribution in [0.2, 0.25) is 0 Å². The standard InChI is InChI=1S/C15H21NO4S/c1-11-6-7-12(2)16(9-11)21(19,20)10-13-4-3-5-14(8-13)15(17)18/h3-5,8,11-12H,6-7,9-10H2,1-2H3,(H,17,18). The molecule has 116 valence electrons. The Kier molecular flexibility index (Phi) is 4.68. The summed E-state index contributed by atoms with van der Waals surface area (Å²) < 4.78 is 26.7. The molecule has 1 saturated heterocycles. The molecule has 0 aliphatic carbocycles. The second kappa shape index (κ2) is 6.15. The van der Waals surface area contributed by atoms with Crippen molar-refractivity contribution in [3.05, 3.63) is 35.4 Å². The first-order valence-corrected chi connectivity index (χ1v) is 8.72. The number of sulfonamides is 1. The van der Waals surface area contributed by atoms with Crippen LogP contribution in [-0.2, 0) is 15.8 Å². The molecule has 0 amide bonds. The van der Waals surface area contributed by atoms with Gasteiger partial charge < -0.3 is 5.11 Å². The fourth-order valence-corrected chi connectivity index (χ4v) is 4.63. The maximum atomic E-state index is 12.6. The van der Waals surface area contributed by atoms with Crippen LogP contribution in [0.25, 0.3) is 0 Å². The maximum Gasteiger partial charge on any atom is 0.335 e. The molecule has 1 N–H and O–H groups in total. The van der Waals surface area contributed by atoms with Crippen LogP contribution in [0.4, 0.5) is 0 Å². The van der Waals surface area contributed by atoms with E-state index < -0.39 is 16.0 Å². The van der Waals surface area contributed by atoms with Crippen molar-refractivity contribution in [2.75, 3.05) is 6.54 Å². The first-order chi connectivity index (χ1) is 9.79. The molecule has 2 rings (SSSR count). The summed E-state index contributed by atoms with van der Waals surface area (Å²) in [5.74, 6) is -0.832. The highest BCUT2D eigenvalue weighted by Crippen LogP contribution is 2.26. The lowest BCUT2D eigenvalue weighted by Gasteiger charge is -2.35. The number of benzene rings is 1. The second-order valence-electron chi connectivity index (χ2n) is 5.86. The van der Waals surface area contributed by atoms with Crippen molar-refractivity contribution in [2.24, 2.45) is 5.92 Å². The number of piperidine rings is 1. The summed E-state index contributed by atoms with van der Waals surface area (Å²) >= 11 is 0. The highest BCUT2D eigenvalue weighted by atomic mass is 32.2. The molecule has 1 aromatic rings. The lowest BCUT2D eigenvalue weighted by atomic mass is 9.97. The van der Waals surface area contributed by atoms with E-state index >= 15 is 0 Å². The molecule has 1 aliphatic rings. The molecule has 2 unspecified atom stereocenters. The zero-order valence-electron chi connectivity index (χ0n) is 12.3. The van der Waals surface area contributed by atoms with E-state index in [2.05, 4.69) is 6.92 Å². The number of hydrogen-bond acceptors (Lipinski definition) is 3. The van der Waals surface area contributed by atoms with E-state index in [1.165, 1.54) is 12.1 Å². The zero-order chi connectivity index (χ0) is 15.6. The molecular weight excluding hydrogens is 290 g/mol. The van der Waals surface area contributed by atoms with Gasteiger partial charge in [0.2, 0.25) is 10.0 Å². The topological polar surface area (TPSA) is 74.7 Å². The fourth-order valence-electron chi connectivity index (χ4n) is 2.72. The van der Waals surface area contributed by atoms with Gasteiger partial charge in [0.15, 0.2) is 0 Å². The van der Waals surface area contributed by atoms with Crippen LogP contribution in [0.5, 0.6) is 0 Å². The Morgan fingerprint density at radius 1 is 1.33 bits per heavy atom. The summed E-state index contributed by atoms with van der Waals surface area (Å²) in [4.78, 5) is 11.0. The molecule has 1 fully saturated rings. The summed E-state index contributed by atoms with van der Waals surface area (Å²) in [6.45, 7) is 4.53. The monoisotopic (exact) mass is 311 g/mol. The van der Waals surface area contributed by atoms with Crippen LogP contribution >= 0.6 is 0 Å².